The first kappa shape index (κ1) is 9.16. The van der Waals surface area contributed by atoms with Crippen LogP contribution in [0.3, 0.4) is 0 Å². The smallest absolute Gasteiger partial charge is 0.120 e. The summed E-state index contributed by atoms with van der Waals surface area (Å²) in [5, 5.41) is 8.19. The van der Waals surface area contributed by atoms with Crippen molar-refractivity contribution in [1.29, 1.82) is 5.26 Å². The van der Waals surface area contributed by atoms with Crippen LogP contribution in [-0.4, -0.2) is 6.29 Å². The standard InChI is InChI=1S/C8H13NO/c1-8(5-7-10)4-2-3-6-9/h7-8H,2-5H2,1H3. The molecule has 0 fully saturated rings. The van der Waals surface area contributed by atoms with Crippen LogP contribution in [0.4, 0.5) is 0 Å². The molecule has 0 N–H and O–H groups in total. The van der Waals surface area contributed by atoms with Crippen molar-refractivity contribution in [1.82, 2.24) is 0 Å². The lowest BCUT2D eigenvalue weighted by molar-refractivity contribution is -0.108. The van der Waals surface area contributed by atoms with Crippen molar-refractivity contribution in [3.63, 3.8) is 0 Å². The van der Waals surface area contributed by atoms with Gasteiger partial charge >= 0.3 is 0 Å². The Hall–Kier alpha value is -0.840. The summed E-state index contributed by atoms with van der Waals surface area (Å²) < 4.78 is 0. The second-order valence-electron chi connectivity index (χ2n) is 2.56. The van der Waals surface area contributed by atoms with Gasteiger partial charge in [0.15, 0.2) is 0 Å². The molecule has 2 heteroatoms. The Bertz CT molecular complexity index is 126. The molecule has 0 aromatic heterocycles. The average molecular weight is 139 g/mol. The zero-order chi connectivity index (χ0) is 7.82. The van der Waals surface area contributed by atoms with Gasteiger partial charge in [0.05, 0.1) is 6.07 Å². The lowest BCUT2D eigenvalue weighted by Gasteiger charge is -2.03. The van der Waals surface area contributed by atoms with E-state index in [4.69, 9.17) is 5.26 Å². The normalized spacial score (nSPS) is 12.0. The van der Waals surface area contributed by atoms with Crippen molar-refractivity contribution in [3.05, 3.63) is 0 Å². The maximum atomic E-state index is 9.98. The first-order chi connectivity index (χ1) is 4.81. The molecular formula is C8H13NO. The van der Waals surface area contributed by atoms with Gasteiger partial charge in [0, 0.05) is 12.8 Å². The molecule has 2 nitrogen and oxygen atoms in total. The third-order valence-electron chi connectivity index (χ3n) is 1.48. The van der Waals surface area contributed by atoms with Gasteiger partial charge in [0.1, 0.15) is 6.29 Å². The summed E-state index contributed by atoms with van der Waals surface area (Å²) in [6, 6.07) is 2.08. The van der Waals surface area contributed by atoms with Gasteiger partial charge in [-0.2, -0.15) is 5.26 Å². The van der Waals surface area contributed by atoms with Gasteiger partial charge in [-0.1, -0.05) is 6.92 Å². The zero-order valence-electron chi connectivity index (χ0n) is 6.34. The number of aldehydes is 1. The highest BCUT2D eigenvalue weighted by Crippen LogP contribution is 2.09. The quantitative estimate of drug-likeness (QED) is 0.431. The SMILES string of the molecule is CC(CC=O)CCCC#N. The predicted octanol–water partition coefficient (Wildman–Crippen LogP) is 1.91. The minimum atomic E-state index is 0.450. The first-order valence-electron chi connectivity index (χ1n) is 3.61. The topological polar surface area (TPSA) is 40.9 Å². The fourth-order valence-electron chi connectivity index (χ4n) is 0.812. The van der Waals surface area contributed by atoms with E-state index in [0.29, 0.717) is 18.8 Å². The highest BCUT2D eigenvalue weighted by atomic mass is 16.1. The molecule has 0 saturated heterocycles. The highest BCUT2D eigenvalue weighted by molar-refractivity contribution is 5.49. The zero-order valence-corrected chi connectivity index (χ0v) is 6.34. The van der Waals surface area contributed by atoms with Crippen LogP contribution >= 0.6 is 0 Å². The molecule has 1 unspecified atom stereocenters. The minimum Gasteiger partial charge on any atom is -0.303 e. The molecule has 0 rings (SSSR count). The number of unbranched alkanes of at least 4 members (excludes halogenated alkanes) is 1. The number of rotatable bonds is 5. The Kier molecular flexibility index (Phi) is 5.75. The van der Waals surface area contributed by atoms with Crippen molar-refractivity contribution < 1.29 is 4.79 Å². The lowest BCUT2D eigenvalue weighted by atomic mass is 10.0. The molecule has 0 spiro atoms. The molecular weight excluding hydrogens is 126 g/mol. The third kappa shape index (κ3) is 5.30. The lowest BCUT2D eigenvalue weighted by Crippen LogP contribution is -1.94. The fourth-order valence-corrected chi connectivity index (χ4v) is 0.812. The molecule has 0 amide bonds. The molecule has 10 heavy (non-hydrogen) atoms. The van der Waals surface area contributed by atoms with Gasteiger partial charge in [-0.05, 0) is 18.8 Å². The molecule has 0 aliphatic heterocycles. The van der Waals surface area contributed by atoms with E-state index in [0.717, 1.165) is 19.1 Å². The van der Waals surface area contributed by atoms with Crippen molar-refractivity contribution in [2.24, 2.45) is 5.92 Å². The number of nitrogens with zero attached hydrogens (tertiary/aromatic N) is 1. The molecule has 0 aromatic carbocycles. The highest BCUT2D eigenvalue weighted by Gasteiger charge is 1.98. The summed E-state index contributed by atoms with van der Waals surface area (Å²) in [4.78, 5) is 9.98. The number of hydrogen-bond acceptors (Lipinski definition) is 2. The van der Waals surface area contributed by atoms with Crippen molar-refractivity contribution in [3.8, 4) is 6.07 Å². The molecule has 0 aliphatic rings. The van der Waals surface area contributed by atoms with E-state index in [1.54, 1.807) is 0 Å². The predicted molar refractivity (Wildman–Crippen MR) is 39.3 cm³/mol. The van der Waals surface area contributed by atoms with Crippen LogP contribution in [0, 0.1) is 17.2 Å². The maximum absolute atomic E-state index is 9.98. The average Bonchev–Trinajstić information content (AvgIpc) is 1.89. The van der Waals surface area contributed by atoms with Crippen molar-refractivity contribution in [2.75, 3.05) is 0 Å². The van der Waals surface area contributed by atoms with Crippen LogP contribution in [0.1, 0.15) is 32.6 Å². The van der Waals surface area contributed by atoms with Crippen LogP contribution in [0.5, 0.6) is 0 Å². The number of hydrogen-bond donors (Lipinski definition) is 0. The molecule has 0 aromatic rings. The van der Waals surface area contributed by atoms with Gasteiger partial charge < -0.3 is 4.79 Å². The van der Waals surface area contributed by atoms with Crippen LogP contribution < -0.4 is 0 Å². The number of carbonyl (C=O) groups excluding carboxylic acids is 1. The molecule has 56 valence electrons. The molecule has 0 bridgehead atoms. The summed E-state index contributed by atoms with van der Waals surface area (Å²) in [6.07, 6.45) is 4.10. The van der Waals surface area contributed by atoms with Crippen LogP contribution in [0.25, 0.3) is 0 Å². The Morgan fingerprint density at radius 2 is 2.40 bits per heavy atom. The fraction of sp³-hybridized carbons (Fsp3) is 0.750. The van der Waals surface area contributed by atoms with Gasteiger partial charge in [-0.3, -0.25) is 0 Å². The first-order valence-corrected chi connectivity index (χ1v) is 3.61. The maximum Gasteiger partial charge on any atom is 0.120 e. The molecule has 1 atom stereocenters. The van der Waals surface area contributed by atoms with E-state index < -0.39 is 0 Å². The van der Waals surface area contributed by atoms with E-state index >= 15 is 0 Å². The van der Waals surface area contributed by atoms with Crippen LogP contribution in [0.15, 0.2) is 0 Å². The van der Waals surface area contributed by atoms with Crippen LogP contribution in [0.2, 0.25) is 0 Å². The van der Waals surface area contributed by atoms with Gasteiger partial charge in [-0.25, -0.2) is 0 Å². The second-order valence-corrected chi connectivity index (χ2v) is 2.56. The second kappa shape index (κ2) is 6.28. The number of carbonyl (C=O) groups is 1. The molecule has 0 aliphatic carbocycles. The van der Waals surface area contributed by atoms with Gasteiger partial charge in [0.2, 0.25) is 0 Å². The number of nitriles is 1. The summed E-state index contributed by atoms with van der Waals surface area (Å²) in [5.41, 5.74) is 0. The summed E-state index contributed by atoms with van der Waals surface area (Å²) >= 11 is 0. The van der Waals surface area contributed by atoms with Gasteiger partial charge in [0.25, 0.3) is 0 Å². The monoisotopic (exact) mass is 139 g/mol. The van der Waals surface area contributed by atoms with Crippen LogP contribution in [-0.2, 0) is 4.79 Å². The van der Waals surface area contributed by atoms with E-state index in [1.165, 1.54) is 0 Å². The Morgan fingerprint density at radius 3 is 2.90 bits per heavy atom. The summed E-state index contributed by atoms with van der Waals surface area (Å²) in [7, 11) is 0. The van der Waals surface area contributed by atoms with E-state index in [1.807, 2.05) is 6.92 Å². The summed E-state index contributed by atoms with van der Waals surface area (Å²) in [6.45, 7) is 2.03. The molecule has 0 radical (unpaired) electrons. The van der Waals surface area contributed by atoms with Crippen molar-refractivity contribution in [2.45, 2.75) is 32.6 Å². The molecule has 0 heterocycles. The Morgan fingerprint density at radius 1 is 1.70 bits per heavy atom. The van der Waals surface area contributed by atoms with E-state index in [9.17, 15) is 4.79 Å². The van der Waals surface area contributed by atoms with Gasteiger partial charge in [-0.15, -0.1) is 0 Å². The van der Waals surface area contributed by atoms with E-state index in [-0.39, 0.29) is 0 Å². The third-order valence-corrected chi connectivity index (χ3v) is 1.48. The largest absolute Gasteiger partial charge is 0.303 e. The summed E-state index contributed by atoms with van der Waals surface area (Å²) in [5.74, 6) is 0.450. The van der Waals surface area contributed by atoms with E-state index in [2.05, 4.69) is 6.07 Å². The van der Waals surface area contributed by atoms with Crippen molar-refractivity contribution >= 4 is 6.29 Å². The minimum absolute atomic E-state index is 0.450. The Labute approximate surface area is 61.8 Å². The Balaban J connectivity index is 3.14. The molecule has 0 saturated carbocycles.